The fraction of sp³-hybridized carbons (Fsp3) is 0.391. The van der Waals surface area contributed by atoms with Gasteiger partial charge in [0.2, 0.25) is 11.8 Å². The van der Waals surface area contributed by atoms with Crippen LogP contribution in [0.25, 0.3) is 0 Å². The van der Waals surface area contributed by atoms with Crippen LogP contribution in [0.5, 0.6) is 5.75 Å². The highest BCUT2D eigenvalue weighted by atomic mass is 32.2. The Kier molecular flexibility index (Phi) is 9.57. The van der Waals surface area contributed by atoms with E-state index in [0.717, 1.165) is 23.4 Å². The van der Waals surface area contributed by atoms with Crippen molar-refractivity contribution in [2.45, 2.75) is 56.6 Å². The van der Waals surface area contributed by atoms with Crippen LogP contribution < -0.4 is 15.4 Å². The minimum atomic E-state index is -0.254. The van der Waals surface area contributed by atoms with Gasteiger partial charge in [-0.3, -0.25) is 9.59 Å². The number of amides is 2. The third kappa shape index (κ3) is 7.46. The predicted molar refractivity (Wildman–Crippen MR) is 121 cm³/mol. The highest BCUT2D eigenvalue weighted by molar-refractivity contribution is 8.00. The number of rotatable bonds is 11. The summed E-state index contributed by atoms with van der Waals surface area (Å²) in [5.41, 5.74) is 1.43. The lowest BCUT2D eigenvalue weighted by Gasteiger charge is -2.17. The van der Waals surface area contributed by atoms with Gasteiger partial charge < -0.3 is 15.4 Å². The van der Waals surface area contributed by atoms with Gasteiger partial charge in [-0.15, -0.1) is 11.8 Å². The van der Waals surface area contributed by atoms with Crippen molar-refractivity contribution in [1.29, 1.82) is 0 Å². The standard InChI is InChI=1S/C23H30N2O3S/c1-4-7-15-22(26)24-17-11-10-12-18(16-17)29-21(5-2)23(27)25-19-13-8-9-14-20(19)28-6-3/h8-14,16,21H,4-7,15H2,1-3H3,(H,24,26)(H,25,27). The Morgan fingerprint density at radius 3 is 2.55 bits per heavy atom. The van der Waals surface area contributed by atoms with Crippen molar-refractivity contribution in [1.82, 2.24) is 0 Å². The number of carbonyl (C=O) groups is 2. The molecule has 0 aliphatic heterocycles. The van der Waals surface area contributed by atoms with Gasteiger partial charge >= 0.3 is 0 Å². The van der Waals surface area contributed by atoms with Gasteiger partial charge in [0.05, 0.1) is 17.5 Å². The Hall–Kier alpha value is -2.47. The maximum atomic E-state index is 12.8. The van der Waals surface area contributed by atoms with Gasteiger partial charge in [0, 0.05) is 17.0 Å². The number of unbranched alkanes of at least 4 members (excludes halogenated alkanes) is 1. The van der Waals surface area contributed by atoms with Gasteiger partial charge in [-0.25, -0.2) is 0 Å². The van der Waals surface area contributed by atoms with Crippen LogP contribution in [0.1, 0.15) is 46.5 Å². The van der Waals surface area contributed by atoms with Crippen LogP contribution >= 0.6 is 11.8 Å². The number of hydrogen-bond donors (Lipinski definition) is 2. The summed E-state index contributed by atoms with van der Waals surface area (Å²) in [5, 5.41) is 5.66. The van der Waals surface area contributed by atoms with Crippen LogP contribution in [-0.2, 0) is 9.59 Å². The van der Waals surface area contributed by atoms with Crippen molar-refractivity contribution >= 4 is 35.0 Å². The van der Waals surface area contributed by atoms with Crippen molar-refractivity contribution in [2.24, 2.45) is 0 Å². The van der Waals surface area contributed by atoms with Gasteiger partial charge in [-0.1, -0.05) is 38.5 Å². The highest BCUT2D eigenvalue weighted by Crippen LogP contribution is 2.30. The Labute approximate surface area is 177 Å². The third-order valence-corrected chi connectivity index (χ3v) is 5.62. The van der Waals surface area contributed by atoms with Gasteiger partial charge in [0.1, 0.15) is 5.75 Å². The first-order chi connectivity index (χ1) is 14.1. The molecule has 0 radical (unpaired) electrons. The van der Waals surface area contributed by atoms with Gasteiger partial charge in [-0.05, 0) is 50.1 Å². The number of benzene rings is 2. The summed E-state index contributed by atoms with van der Waals surface area (Å²) in [6.45, 7) is 6.50. The first-order valence-corrected chi connectivity index (χ1v) is 11.0. The largest absolute Gasteiger partial charge is 0.492 e. The summed E-state index contributed by atoms with van der Waals surface area (Å²) in [6.07, 6.45) is 3.07. The minimum Gasteiger partial charge on any atom is -0.492 e. The van der Waals surface area contributed by atoms with Gasteiger partial charge in [0.15, 0.2) is 0 Å². The lowest BCUT2D eigenvalue weighted by atomic mass is 10.2. The smallest absolute Gasteiger partial charge is 0.237 e. The zero-order chi connectivity index (χ0) is 21.1. The Bertz CT molecular complexity index is 810. The lowest BCUT2D eigenvalue weighted by Crippen LogP contribution is -2.24. The molecule has 5 nitrogen and oxygen atoms in total. The minimum absolute atomic E-state index is 0.0197. The van der Waals surface area contributed by atoms with E-state index in [0.29, 0.717) is 30.9 Å². The second kappa shape index (κ2) is 12.2. The van der Waals surface area contributed by atoms with E-state index >= 15 is 0 Å². The number of ether oxygens (including phenoxy) is 1. The van der Waals surface area contributed by atoms with Crippen molar-refractivity contribution in [3.8, 4) is 5.75 Å². The first-order valence-electron chi connectivity index (χ1n) is 10.2. The fourth-order valence-electron chi connectivity index (χ4n) is 2.76. The van der Waals surface area contributed by atoms with Crippen LogP contribution in [0.3, 0.4) is 0 Å². The molecule has 0 aromatic heterocycles. The van der Waals surface area contributed by atoms with E-state index in [1.54, 1.807) is 0 Å². The van der Waals surface area contributed by atoms with Gasteiger partial charge in [-0.2, -0.15) is 0 Å². The quantitative estimate of drug-likeness (QED) is 0.461. The van der Waals surface area contributed by atoms with E-state index in [9.17, 15) is 9.59 Å². The molecule has 0 heterocycles. The second-order valence-corrected chi connectivity index (χ2v) is 7.89. The van der Waals surface area contributed by atoms with Crippen molar-refractivity contribution in [3.05, 3.63) is 48.5 Å². The molecule has 1 atom stereocenters. The van der Waals surface area contributed by atoms with Gasteiger partial charge in [0.25, 0.3) is 0 Å². The summed E-state index contributed by atoms with van der Waals surface area (Å²) >= 11 is 1.49. The van der Waals surface area contributed by atoms with E-state index in [4.69, 9.17) is 4.74 Å². The molecule has 2 N–H and O–H groups in total. The molecule has 0 saturated heterocycles. The molecule has 2 amide bonds. The monoisotopic (exact) mass is 414 g/mol. The topological polar surface area (TPSA) is 67.4 Å². The van der Waals surface area contributed by atoms with E-state index in [2.05, 4.69) is 17.6 Å². The molecule has 1 unspecified atom stereocenters. The Morgan fingerprint density at radius 1 is 1.03 bits per heavy atom. The predicted octanol–water partition coefficient (Wildman–Crippen LogP) is 5.72. The highest BCUT2D eigenvalue weighted by Gasteiger charge is 2.19. The zero-order valence-corrected chi connectivity index (χ0v) is 18.2. The first kappa shape index (κ1) is 22.8. The van der Waals surface area contributed by atoms with Crippen LogP contribution in [0.15, 0.2) is 53.4 Å². The summed E-state index contributed by atoms with van der Waals surface area (Å²) in [5.74, 6) is 0.619. The number of anilines is 2. The molecule has 0 aliphatic rings. The fourth-order valence-corrected chi connectivity index (χ4v) is 3.77. The summed E-state index contributed by atoms with van der Waals surface area (Å²) in [6, 6.07) is 15.1. The molecule has 0 spiro atoms. The summed E-state index contributed by atoms with van der Waals surface area (Å²) in [7, 11) is 0. The molecule has 29 heavy (non-hydrogen) atoms. The number of para-hydroxylation sites is 2. The van der Waals surface area contributed by atoms with Crippen LogP contribution in [0.4, 0.5) is 11.4 Å². The second-order valence-electron chi connectivity index (χ2n) is 6.61. The molecule has 0 aliphatic carbocycles. The third-order valence-electron chi connectivity index (χ3n) is 4.26. The molecular weight excluding hydrogens is 384 g/mol. The molecule has 2 aromatic rings. The molecule has 0 fully saturated rings. The van der Waals surface area contributed by atoms with Crippen LogP contribution in [0, 0.1) is 0 Å². The Morgan fingerprint density at radius 2 is 1.83 bits per heavy atom. The summed E-state index contributed by atoms with van der Waals surface area (Å²) < 4.78 is 5.59. The van der Waals surface area contributed by atoms with E-state index in [1.165, 1.54) is 11.8 Å². The van der Waals surface area contributed by atoms with E-state index in [-0.39, 0.29) is 17.1 Å². The Balaban J connectivity index is 2.03. The normalized spacial score (nSPS) is 11.6. The maximum absolute atomic E-state index is 12.8. The van der Waals surface area contributed by atoms with Crippen molar-refractivity contribution in [3.63, 3.8) is 0 Å². The molecule has 6 heteroatoms. The molecule has 0 saturated carbocycles. The molecule has 0 bridgehead atoms. The SMILES string of the molecule is CCCCC(=O)Nc1cccc(SC(CC)C(=O)Nc2ccccc2OCC)c1. The lowest BCUT2D eigenvalue weighted by molar-refractivity contribution is -0.116. The van der Waals surface area contributed by atoms with Crippen molar-refractivity contribution in [2.75, 3.05) is 17.2 Å². The number of thioether (sulfide) groups is 1. The zero-order valence-electron chi connectivity index (χ0n) is 17.4. The molecule has 2 rings (SSSR count). The van der Waals surface area contributed by atoms with Crippen LogP contribution in [0.2, 0.25) is 0 Å². The molecule has 156 valence electrons. The van der Waals surface area contributed by atoms with Crippen molar-refractivity contribution < 1.29 is 14.3 Å². The van der Waals surface area contributed by atoms with Crippen LogP contribution in [-0.4, -0.2) is 23.7 Å². The number of carbonyl (C=O) groups excluding carboxylic acids is 2. The van der Waals surface area contributed by atoms with E-state index in [1.807, 2.05) is 62.4 Å². The molecular formula is C23H30N2O3S. The summed E-state index contributed by atoms with van der Waals surface area (Å²) in [4.78, 5) is 25.7. The molecule has 2 aromatic carbocycles. The average molecular weight is 415 g/mol. The average Bonchev–Trinajstić information content (AvgIpc) is 2.72. The maximum Gasteiger partial charge on any atom is 0.237 e. The number of nitrogens with one attached hydrogen (secondary N) is 2. The van der Waals surface area contributed by atoms with E-state index < -0.39 is 0 Å². The number of hydrogen-bond acceptors (Lipinski definition) is 4.